The molecule has 10 heavy (non-hydrogen) atoms. The molecule has 2 rings (SSSR count). The van der Waals surface area contributed by atoms with Crippen LogP contribution in [0.15, 0.2) is 24.5 Å². The van der Waals surface area contributed by atoms with Crippen molar-refractivity contribution in [2.75, 3.05) is 0 Å². The van der Waals surface area contributed by atoms with E-state index in [2.05, 4.69) is 11.1 Å². The van der Waals surface area contributed by atoms with Crippen LogP contribution in [0.25, 0.3) is 0 Å². The lowest BCUT2D eigenvalue weighted by Gasteiger charge is -1.93. The quantitative estimate of drug-likeness (QED) is 0.619. The molecule has 2 N–H and O–H groups in total. The summed E-state index contributed by atoms with van der Waals surface area (Å²) in [6.07, 6.45) is 4.82. The molecule has 1 saturated carbocycles. The summed E-state index contributed by atoms with van der Waals surface area (Å²) in [6.45, 7) is 0. The fourth-order valence-electron chi connectivity index (χ4n) is 1.19. The molecule has 1 heterocycles. The summed E-state index contributed by atoms with van der Waals surface area (Å²) in [5.74, 6) is 0.591. The topological polar surface area (TPSA) is 38.9 Å². The van der Waals surface area contributed by atoms with Gasteiger partial charge in [0.1, 0.15) is 0 Å². The van der Waals surface area contributed by atoms with Gasteiger partial charge in [-0.15, -0.1) is 0 Å². The van der Waals surface area contributed by atoms with Crippen LogP contribution in [0.2, 0.25) is 0 Å². The molecule has 1 aliphatic carbocycles. The fraction of sp³-hybridized carbons (Fsp3) is 0.375. The van der Waals surface area contributed by atoms with E-state index in [1.54, 1.807) is 6.20 Å². The van der Waals surface area contributed by atoms with Crippen molar-refractivity contribution in [1.29, 1.82) is 0 Å². The highest BCUT2D eigenvalue weighted by molar-refractivity contribution is 5.23. The molecular formula is C8H10N2. The highest BCUT2D eigenvalue weighted by Crippen LogP contribution is 2.38. The van der Waals surface area contributed by atoms with Crippen LogP contribution in [0.5, 0.6) is 0 Å². The highest BCUT2D eigenvalue weighted by Gasteiger charge is 2.34. The second kappa shape index (κ2) is 2.06. The van der Waals surface area contributed by atoms with E-state index in [9.17, 15) is 0 Å². The maximum Gasteiger partial charge on any atom is 0.0303 e. The van der Waals surface area contributed by atoms with Crippen LogP contribution in [0.4, 0.5) is 0 Å². The normalized spacial score (nSPS) is 30.1. The zero-order valence-electron chi connectivity index (χ0n) is 5.70. The average Bonchev–Trinajstić information content (AvgIpc) is 2.69. The summed E-state index contributed by atoms with van der Waals surface area (Å²) in [5.41, 5.74) is 6.96. The third-order valence-corrected chi connectivity index (χ3v) is 1.95. The predicted octanol–water partition coefficient (Wildman–Crippen LogP) is 0.896. The predicted molar refractivity (Wildman–Crippen MR) is 39.6 cm³/mol. The van der Waals surface area contributed by atoms with Gasteiger partial charge in [0.25, 0.3) is 0 Å². The van der Waals surface area contributed by atoms with Gasteiger partial charge in [0, 0.05) is 24.4 Å². The van der Waals surface area contributed by atoms with E-state index < -0.39 is 0 Å². The molecule has 0 aromatic carbocycles. The third-order valence-electron chi connectivity index (χ3n) is 1.95. The Kier molecular flexibility index (Phi) is 1.21. The van der Waals surface area contributed by atoms with Gasteiger partial charge >= 0.3 is 0 Å². The van der Waals surface area contributed by atoms with Crippen molar-refractivity contribution >= 4 is 0 Å². The van der Waals surface area contributed by atoms with Gasteiger partial charge in [-0.3, -0.25) is 4.98 Å². The van der Waals surface area contributed by atoms with Crippen LogP contribution in [-0.4, -0.2) is 11.0 Å². The Morgan fingerprint density at radius 2 is 2.40 bits per heavy atom. The van der Waals surface area contributed by atoms with Crippen LogP contribution in [0.1, 0.15) is 17.9 Å². The van der Waals surface area contributed by atoms with Crippen LogP contribution in [-0.2, 0) is 0 Å². The minimum atomic E-state index is 0.393. The van der Waals surface area contributed by atoms with Gasteiger partial charge in [-0.1, -0.05) is 6.07 Å². The molecule has 0 aliphatic heterocycles. The van der Waals surface area contributed by atoms with Gasteiger partial charge in [0.15, 0.2) is 0 Å². The Labute approximate surface area is 60.1 Å². The summed E-state index contributed by atoms with van der Waals surface area (Å²) < 4.78 is 0. The van der Waals surface area contributed by atoms with Crippen LogP contribution in [0, 0.1) is 0 Å². The second-order valence-corrected chi connectivity index (χ2v) is 2.79. The minimum absolute atomic E-state index is 0.393. The Morgan fingerprint density at radius 1 is 1.60 bits per heavy atom. The van der Waals surface area contributed by atoms with Gasteiger partial charge in [0.05, 0.1) is 0 Å². The van der Waals surface area contributed by atoms with Crippen LogP contribution in [0.3, 0.4) is 0 Å². The SMILES string of the molecule is N[C@@H]1CC1c1cccnc1. The third kappa shape index (κ3) is 0.907. The number of hydrogen-bond donors (Lipinski definition) is 1. The molecule has 2 atom stereocenters. The summed E-state index contributed by atoms with van der Waals surface area (Å²) in [7, 11) is 0. The number of pyridine rings is 1. The first-order chi connectivity index (χ1) is 4.88. The Balaban J connectivity index is 2.20. The summed E-state index contributed by atoms with van der Waals surface area (Å²) in [5, 5.41) is 0. The summed E-state index contributed by atoms with van der Waals surface area (Å²) >= 11 is 0. The lowest BCUT2D eigenvalue weighted by molar-refractivity contribution is 0.981. The van der Waals surface area contributed by atoms with Crippen molar-refractivity contribution in [3.63, 3.8) is 0 Å². The van der Waals surface area contributed by atoms with E-state index in [1.807, 2.05) is 12.3 Å². The molecule has 2 heteroatoms. The molecule has 2 nitrogen and oxygen atoms in total. The highest BCUT2D eigenvalue weighted by atomic mass is 14.7. The van der Waals surface area contributed by atoms with E-state index in [1.165, 1.54) is 5.56 Å². The Morgan fingerprint density at radius 3 is 2.90 bits per heavy atom. The second-order valence-electron chi connectivity index (χ2n) is 2.79. The lowest BCUT2D eigenvalue weighted by Crippen LogP contribution is -2.00. The molecule has 1 unspecified atom stereocenters. The molecule has 0 bridgehead atoms. The zero-order valence-corrected chi connectivity index (χ0v) is 5.70. The van der Waals surface area contributed by atoms with Crippen molar-refractivity contribution in [2.45, 2.75) is 18.4 Å². The minimum Gasteiger partial charge on any atom is -0.327 e. The summed E-state index contributed by atoms with van der Waals surface area (Å²) in [4.78, 5) is 4.02. The number of nitrogens with zero attached hydrogens (tertiary/aromatic N) is 1. The Bertz CT molecular complexity index is 220. The Hall–Kier alpha value is -0.890. The van der Waals surface area contributed by atoms with Crippen molar-refractivity contribution in [3.8, 4) is 0 Å². The van der Waals surface area contributed by atoms with Gasteiger partial charge in [0.2, 0.25) is 0 Å². The van der Waals surface area contributed by atoms with Crippen molar-refractivity contribution < 1.29 is 0 Å². The molecule has 0 spiro atoms. The average molecular weight is 134 g/mol. The number of rotatable bonds is 1. The van der Waals surface area contributed by atoms with Crippen molar-refractivity contribution in [1.82, 2.24) is 4.98 Å². The monoisotopic (exact) mass is 134 g/mol. The van der Waals surface area contributed by atoms with Gasteiger partial charge in [-0.05, 0) is 18.1 Å². The molecule has 0 amide bonds. The number of aromatic nitrogens is 1. The number of nitrogens with two attached hydrogens (primary N) is 1. The van der Waals surface area contributed by atoms with Gasteiger partial charge in [-0.2, -0.15) is 0 Å². The van der Waals surface area contributed by atoms with Crippen LogP contribution >= 0.6 is 0 Å². The number of hydrogen-bond acceptors (Lipinski definition) is 2. The first-order valence-electron chi connectivity index (χ1n) is 3.53. The molecule has 0 radical (unpaired) electrons. The van der Waals surface area contributed by atoms with E-state index in [-0.39, 0.29) is 0 Å². The van der Waals surface area contributed by atoms with Crippen molar-refractivity contribution in [3.05, 3.63) is 30.1 Å². The maximum atomic E-state index is 5.67. The smallest absolute Gasteiger partial charge is 0.0303 e. The van der Waals surface area contributed by atoms with E-state index >= 15 is 0 Å². The first-order valence-corrected chi connectivity index (χ1v) is 3.53. The van der Waals surface area contributed by atoms with Gasteiger partial charge in [-0.25, -0.2) is 0 Å². The largest absolute Gasteiger partial charge is 0.327 e. The lowest BCUT2D eigenvalue weighted by atomic mass is 10.2. The van der Waals surface area contributed by atoms with Crippen LogP contribution < -0.4 is 5.73 Å². The fourth-order valence-corrected chi connectivity index (χ4v) is 1.19. The maximum absolute atomic E-state index is 5.67. The summed E-state index contributed by atoms with van der Waals surface area (Å²) in [6, 6.07) is 4.44. The molecule has 1 aliphatic rings. The molecule has 1 aromatic rings. The molecule has 1 aromatic heterocycles. The standard InChI is InChI=1S/C8H10N2/c9-8-4-7(8)6-2-1-3-10-5-6/h1-3,5,7-8H,4,9H2/t7?,8-/m1/s1. The van der Waals surface area contributed by atoms with Crippen molar-refractivity contribution in [2.24, 2.45) is 5.73 Å². The molecule has 0 saturated heterocycles. The zero-order chi connectivity index (χ0) is 6.97. The molecule has 52 valence electrons. The van der Waals surface area contributed by atoms with E-state index in [0.29, 0.717) is 12.0 Å². The first kappa shape index (κ1) is 5.86. The van der Waals surface area contributed by atoms with Gasteiger partial charge < -0.3 is 5.73 Å². The van der Waals surface area contributed by atoms with E-state index in [4.69, 9.17) is 5.73 Å². The molecular weight excluding hydrogens is 124 g/mol. The van der Waals surface area contributed by atoms with E-state index in [0.717, 1.165) is 6.42 Å². The molecule has 1 fully saturated rings.